The molecule has 0 amide bonds. The molecule has 1 N–H and O–H groups in total. The van der Waals surface area contributed by atoms with Crippen molar-refractivity contribution in [3.05, 3.63) is 41.8 Å². The Kier molecular flexibility index (Phi) is 3.00. The number of carboxylic acid groups (broad SMARTS) is 1. The van der Waals surface area contributed by atoms with Crippen molar-refractivity contribution in [2.75, 3.05) is 7.11 Å². The molecule has 3 rings (SSSR count). The van der Waals surface area contributed by atoms with Crippen LogP contribution in [-0.2, 0) is 11.3 Å². The van der Waals surface area contributed by atoms with Crippen molar-refractivity contribution < 1.29 is 23.5 Å². The Morgan fingerprint density at radius 3 is 2.85 bits per heavy atom. The molecule has 2 aromatic heterocycles. The van der Waals surface area contributed by atoms with Crippen LogP contribution in [0.4, 0.5) is 0 Å². The molecule has 1 aromatic carbocycles. The third kappa shape index (κ3) is 2.06. The third-order valence-electron chi connectivity index (χ3n) is 2.81. The maximum Gasteiger partial charge on any atom is 0.373 e. The molecule has 0 unspecified atom stereocenters. The van der Waals surface area contributed by atoms with Crippen molar-refractivity contribution in [3.8, 4) is 11.7 Å². The third-order valence-corrected chi connectivity index (χ3v) is 2.81. The number of rotatable bonds is 4. The quantitative estimate of drug-likeness (QED) is 0.786. The maximum absolute atomic E-state index is 11.1. The van der Waals surface area contributed by atoms with Crippen molar-refractivity contribution in [1.29, 1.82) is 0 Å². The van der Waals surface area contributed by atoms with Gasteiger partial charge in [0.25, 0.3) is 5.89 Å². The predicted molar refractivity (Wildman–Crippen MR) is 69.4 cm³/mol. The van der Waals surface area contributed by atoms with Gasteiger partial charge in [-0.15, -0.1) is 0 Å². The maximum atomic E-state index is 11.1. The first kappa shape index (κ1) is 12.4. The number of carbonyl (C=O) groups is 1. The van der Waals surface area contributed by atoms with Crippen molar-refractivity contribution in [1.82, 2.24) is 4.98 Å². The van der Waals surface area contributed by atoms with Gasteiger partial charge < -0.3 is 18.7 Å². The van der Waals surface area contributed by atoms with Crippen molar-refractivity contribution in [3.63, 3.8) is 0 Å². The molecule has 3 aromatic rings. The van der Waals surface area contributed by atoms with Gasteiger partial charge in [-0.05, 0) is 12.1 Å². The monoisotopic (exact) mass is 273 g/mol. The molecule has 2 heterocycles. The molecule has 0 aliphatic carbocycles. The molecular formula is C14H11NO5. The Hall–Kier alpha value is -2.60. The molecule has 0 radical (unpaired) electrons. The number of methoxy groups -OCH3 is 1. The van der Waals surface area contributed by atoms with Gasteiger partial charge in [-0.1, -0.05) is 18.2 Å². The molecule has 0 aliphatic heterocycles. The number of benzene rings is 1. The van der Waals surface area contributed by atoms with Crippen LogP contribution in [0.15, 0.2) is 39.2 Å². The minimum Gasteiger partial charge on any atom is -0.475 e. The summed E-state index contributed by atoms with van der Waals surface area (Å²) in [5.41, 5.74) is 0.918. The van der Waals surface area contributed by atoms with Gasteiger partial charge in [0.2, 0.25) is 5.76 Å². The van der Waals surface area contributed by atoms with Gasteiger partial charge in [0.1, 0.15) is 11.3 Å². The van der Waals surface area contributed by atoms with Crippen LogP contribution < -0.4 is 0 Å². The first-order valence-corrected chi connectivity index (χ1v) is 5.90. The zero-order valence-corrected chi connectivity index (χ0v) is 10.6. The standard InChI is InChI=1S/C14H11NO5/c1-18-7-9-12(14(16)17)20-13(15-9)11-6-8-4-2-3-5-10(8)19-11/h2-6H,7H2,1H3,(H,16,17). The Bertz CT molecular complexity index is 738. The van der Waals surface area contributed by atoms with E-state index in [-0.39, 0.29) is 24.0 Å². The number of hydrogen-bond donors (Lipinski definition) is 1. The summed E-state index contributed by atoms with van der Waals surface area (Å²) in [4.78, 5) is 15.2. The van der Waals surface area contributed by atoms with E-state index in [0.29, 0.717) is 11.3 Å². The van der Waals surface area contributed by atoms with Gasteiger partial charge in [0, 0.05) is 12.5 Å². The molecule has 0 bridgehead atoms. The van der Waals surface area contributed by atoms with Gasteiger partial charge in [0.05, 0.1) is 6.61 Å². The second kappa shape index (κ2) is 4.82. The highest BCUT2D eigenvalue weighted by Gasteiger charge is 2.22. The lowest BCUT2D eigenvalue weighted by atomic mass is 10.2. The number of oxazole rings is 1. The Morgan fingerprint density at radius 1 is 1.35 bits per heavy atom. The van der Waals surface area contributed by atoms with Gasteiger partial charge in [0.15, 0.2) is 5.76 Å². The first-order chi connectivity index (χ1) is 9.69. The van der Waals surface area contributed by atoms with E-state index in [9.17, 15) is 4.79 Å². The summed E-state index contributed by atoms with van der Waals surface area (Å²) < 4.78 is 15.8. The fraction of sp³-hybridized carbons (Fsp3) is 0.143. The molecular weight excluding hydrogens is 262 g/mol. The summed E-state index contributed by atoms with van der Waals surface area (Å²) in [6.07, 6.45) is 0. The van der Waals surface area contributed by atoms with Gasteiger partial charge in [-0.25, -0.2) is 9.78 Å². The highest BCUT2D eigenvalue weighted by Crippen LogP contribution is 2.28. The lowest BCUT2D eigenvalue weighted by Crippen LogP contribution is -2.00. The van der Waals surface area contributed by atoms with Crippen LogP contribution in [-0.4, -0.2) is 23.2 Å². The number of aromatic nitrogens is 1. The Balaban J connectivity index is 2.09. The van der Waals surface area contributed by atoms with E-state index in [1.807, 2.05) is 24.3 Å². The number of furan rings is 1. The number of ether oxygens (including phenoxy) is 1. The van der Waals surface area contributed by atoms with E-state index in [0.717, 1.165) is 5.39 Å². The van der Waals surface area contributed by atoms with E-state index in [4.69, 9.17) is 18.7 Å². The van der Waals surface area contributed by atoms with Crippen molar-refractivity contribution >= 4 is 16.9 Å². The number of hydrogen-bond acceptors (Lipinski definition) is 5. The molecule has 0 fully saturated rings. The fourth-order valence-electron chi connectivity index (χ4n) is 1.95. The van der Waals surface area contributed by atoms with Gasteiger partial charge in [-0.2, -0.15) is 0 Å². The Morgan fingerprint density at radius 2 is 2.15 bits per heavy atom. The molecule has 0 atom stereocenters. The number of nitrogens with zero attached hydrogens (tertiary/aromatic N) is 1. The van der Waals surface area contributed by atoms with Crippen LogP contribution in [0.25, 0.3) is 22.6 Å². The van der Waals surface area contributed by atoms with E-state index in [2.05, 4.69) is 4.98 Å². The molecule has 0 saturated carbocycles. The molecule has 6 nitrogen and oxygen atoms in total. The average Bonchev–Trinajstić information content (AvgIpc) is 3.02. The predicted octanol–water partition coefficient (Wildman–Crippen LogP) is 2.93. The van der Waals surface area contributed by atoms with Crippen LogP contribution in [0.2, 0.25) is 0 Å². The SMILES string of the molecule is COCc1nc(-c2cc3ccccc3o2)oc1C(=O)O. The number of aromatic carboxylic acids is 1. The normalized spacial score (nSPS) is 11.1. The van der Waals surface area contributed by atoms with Crippen LogP contribution in [0, 0.1) is 0 Å². The van der Waals surface area contributed by atoms with Crippen LogP contribution in [0.3, 0.4) is 0 Å². The van der Waals surface area contributed by atoms with Crippen LogP contribution in [0.1, 0.15) is 16.2 Å². The number of para-hydroxylation sites is 1. The first-order valence-electron chi connectivity index (χ1n) is 5.90. The van der Waals surface area contributed by atoms with Crippen LogP contribution >= 0.6 is 0 Å². The van der Waals surface area contributed by atoms with Crippen molar-refractivity contribution in [2.45, 2.75) is 6.61 Å². The smallest absolute Gasteiger partial charge is 0.373 e. The lowest BCUT2D eigenvalue weighted by Gasteiger charge is -1.92. The summed E-state index contributed by atoms with van der Waals surface area (Å²) in [7, 11) is 1.46. The minimum atomic E-state index is -1.19. The highest BCUT2D eigenvalue weighted by molar-refractivity contribution is 5.86. The minimum absolute atomic E-state index is 0.0609. The van der Waals surface area contributed by atoms with E-state index >= 15 is 0 Å². The zero-order valence-electron chi connectivity index (χ0n) is 10.6. The summed E-state index contributed by atoms with van der Waals surface area (Å²) >= 11 is 0. The second-order valence-electron chi connectivity index (χ2n) is 4.18. The van der Waals surface area contributed by atoms with E-state index < -0.39 is 5.97 Å². The average molecular weight is 273 g/mol. The van der Waals surface area contributed by atoms with Gasteiger partial charge >= 0.3 is 5.97 Å². The number of carboxylic acids is 1. The second-order valence-corrected chi connectivity index (χ2v) is 4.18. The molecule has 0 aliphatic rings. The molecule has 0 saturated heterocycles. The van der Waals surface area contributed by atoms with E-state index in [1.54, 1.807) is 6.07 Å². The molecule has 6 heteroatoms. The number of fused-ring (bicyclic) bond motifs is 1. The van der Waals surface area contributed by atoms with Crippen LogP contribution in [0.5, 0.6) is 0 Å². The molecule has 20 heavy (non-hydrogen) atoms. The summed E-state index contributed by atoms with van der Waals surface area (Å²) in [5, 5.41) is 9.97. The van der Waals surface area contributed by atoms with Gasteiger partial charge in [-0.3, -0.25) is 0 Å². The summed E-state index contributed by atoms with van der Waals surface area (Å²) in [6.45, 7) is 0.0609. The Labute approximate surface area is 113 Å². The van der Waals surface area contributed by atoms with Crippen molar-refractivity contribution in [2.24, 2.45) is 0 Å². The molecule has 0 spiro atoms. The zero-order chi connectivity index (χ0) is 14.1. The topological polar surface area (TPSA) is 85.7 Å². The molecule has 102 valence electrons. The lowest BCUT2D eigenvalue weighted by molar-refractivity contribution is 0.0656. The van der Waals surface area contributed by atoms with E-state index in [1.165, 1.54) is 7.11 Å². The summed E-state index contributed by atoms with van der Waals surface area (Å²) in [6, 6.07) is 9.19. The fourth-order valence-corrected chi connectivity index (χ4v) is 1.95. The summed E-state index contributed by atoms with van der Waals surface area (Å²) in [5.74, 6) is -0.907. The highest BCUT2D eigenvalue weighted by atomic mass is 16.5. The largest absolute Gasteiger partial charge is 0.475 e.